The standard InChI is InChI=1S/C12H17NO3/c1-3-15-11-4-6-12(7-5-11)16-9-8-13-10(2)14/h4-7H,3,8-9H2,1-2H3,(H,13,14). The van der Waals surface area contributed by atoms with E-state index in [1.807, 2.05) is 31.2 Å². The molecule has 0 saturated carbocycles. The van der Waals surface area contributed by atoms with Crippen molar-refractivity contribution in [3.63, 3.8) is 0 Å². The minimum atomic E-state index is -0.0460. The van der Waals surface area contributed by atoms with E-state index in [1.165, 1.54) is 6.92 Å². The van der Waals surface area contributed by atoms with Crippen molar-refractivity contribution >= 4 is 5.91 Å². The van der Waals surface area contributed by atoms with E-state index in [0.29, 0.717) is 19.8 Å². The number of carbonyl (C=O) groups excluding carboxylic acids is 1. The average Bonchev–Trinajstić information content (AvgIpc) is 2.27. The molecule has 0 atom stereocenters. The smallest absolute Gasteiger partial charge is 0.216 e. The molecule has 1 aromatic rings. The van der Waals surface area contributed by atoms with Crippen molar-refractivity contribution in [3.05, 3.63) is 24.3 Å². The highest BCUT2D eigenvalue weighted by atomic mass is 16.5. The number of benzene rings is 1. The van der Waals surface area contributed by atoms with E-state index in [9.17, 15) is 4.79 Å². The molecular weight excluding hydrogens is 206 g/mol. The van der Waals surface area contributed by atoms with Crippen LogP contribution in [0.3, 0.4) is 0 Å². The molecule has 1 amide bonds. The van der Waals surface area contributed by atoms with Crippen LogP contribution in [0.15, 0.2) is 24.3 Å². The van der Waals surface area contributed by atoms with Gasteiger partial charge in [0.05, 0.1) is 13.2 Å². The first-order valence-corrected chi connectivity index (χ1v) is 5.32. The van der Waals surface area contributed by atoms with Gasteiger partial charge in [-0.3, -0.25) is 4.79 Å². The van der Waals surface area contributed by atoms with E-state index in [0.717, 1.165) is 11.5 Å². The second-order valence-electron chi connectivity index (χ2n) is 3.24. The number of hydrogen-bond donors (Lipinski definition) is 1. The molecule has 1 N–H and O–H groups in total. The van der Waals surface area contributed by atoms with Gasteiger partial charge < -0.3 is 14.8 Å². The topological polar surface area (TPSA) is 47.6 Å². The normalized spacial score (nSPS) is 9.62. The Labute approximate surface area is 95.6 Å². The molecular formula is C12H17NO3. The van der Waals surface area contributed by atoms with Gasteiger partial charge in [0.15, 0.2) is 0 Å². The van der Waals surface area contributed by atoms with Gasteiger partial charge in [-0.15, -0.1) is 0 Å². The van der Waals surface area contributed by atoms with E-state index >= 15 is 0 Å². The van der Waals surface area contributed by atoms with Gasteiger partial charge >= 0.3 is 0 Å². The summed E-state index contributed by atoms with van der Waals surface area (Å²) < 4.78 is 10.7. The fourth-order valence-corrected chi connectivity index (χ4v) is 1.19. The Kier molecular flexibility index (Phi) is 5.19. The summed E-state index contributed by atoms with van der Waals surface area (Å²) in [5.74, 6) is 1.56. The summed E-state index contributed by atoms with van der Waals surface area (Å²) in [5.41, 5.74) is 0. The van der Waals surface area contributed by atoms with Crippen molar-refractivity contribution in [2.45, 2.75) is 13.8 Å². The molecule has 0 radical (unpaired) electrons. The number of hydrogen-bond acceptors (Lipinski definition) is 3. The van der Waals surface area contributed by atoms with Crippen molar-refractivity contribution in [2.24, 2.45) is 0 Å². The number of rotatable bonds is 6. The molecule has 1 rings (SSSR count). The summed E-state index contributed by atoms with van der Waals surface area (Å²) in [7, 11) is 0. The first kappa shape index (κ1) is 12.4. The lowest BCUT2D eigenvalue weighted by molar-refractivity contribution is -0.119. The third kappa shape index (κ3) is 4.68. The highest BCUT2D eigenvalue weighted by Crippen LogP contribution is 2.17. The van der Waals surface area contributed by atoms with Gasteiger partial charge in [-0.25, -0.2) is 0 Å². The lowest BCUT2D eigenvalue weighted by atomic mass is 10.3. The molecule has 16 heavy (non-hydrogen) atoms. The van der Waals surface area contributed by atoms with Crippen molar-refractivity contribution < 1.29 is 14.3 Å². The first-order chi connectivity index (χ1) is 7.72. The van der Waals surface area contributed by atoms with Crippen LogP contribution in [0.1, 0.15) is 13.8 Å². The highest BCUT2D eigenvalue weighted by molar-refractivity contribution is 5.72. The minimum absolute atomic E-state index is 0.0460. The average molecular weight is 223 g/mol. The van der Waals surface area contributed by atoms with Crippen LogP contribution < -0.4 is 14.8 Å². The van der Waals surface area contributed by atoms with E-state index in [2.05, 4.69) is 5.32 Å². The Bertz CT molecular complexity index is 322. The number of nitrogens with one attached hydrogen (secondary N) is 1. The van der Waals surface area contributed by atoms with Crippen LogP contribution >= 0.6 is 0 Å². The van der Waals surface area contributed by atoms with Crippen molar-refractivity contribution in [1.29, 1.82) is 0 Å². The van der Waals surface area contributed by atoms with Crippen LogP contribution in [-0.4, -0.2) is 25.7 Å². The molecule has 0 aliphatic heterocycles. The summed E-state index contributed by atoms with van der Waals surface area (Å²) in [6, 6.07) is 7.41. The number of amides is 1. The zero-order valence-corrected chi connectivity index (χ0v) is 9.66. The molecule has 0 aliphatic carbocycles. The first-order valence-electron chi connectivity index (χ1n) is 5.32. The molecule has 1 aromatic carbocycles. The van der Waals surface area contributed by atoms with E-state index in [1.54, 1.807) is 0 Å². The molecule has 0 aromatic heterocycles. The van der Waals surface area contributed by atoms with Crippen LogP contribution in [0.5, 0.6) is 11.5 Å². The van der Waals surface area contributed by atoms with Crippen molar-refractivity contribution in [3.8, 4) is 11.5 Å². The Hall–Kier alpha value is -1.71. The maximum Gasteiger partial charge on any atom is 0.216 e. The quantitative estimate of drug-likeness (QED) is 0.745. The number of ether oxygens (including phenoxy) is 2. The minimum Gasteiger partial charge on any atom is -0.494 e. The summed E-state index contributed by atoms with van der Waals surface area (Å²) in [6.45, 7) is 5.06. The molecule has 0 bridgehead atoms. The lowest BCUT2D eigenvalue weighted by Crippen LogP contribution is -2.25. The van der Waals surface area contributed by atoms with Crippen molar-refractivity contribution in [2.75, 3.05) is 19.8 Å². The molecule has 0 heterocycles. The maximum atomic E-state index is 10.6. The summed E-state index contributed by atoms with van der Waals surface area (Å²) in [5, 5.41) is 2.66. The third-order valence-electron chi connectivity index (χ3n) is 1.88. The Balaban J connectivity index is 2.29. The van der Waals surface area contributed by atoms with Gasteiger partial charge in [0.25, 0.3) is 0 Å². The Morgan fingerprint density at radius 3 is 2.25 bits per heavy atom. The third-order valence-corrected chi connectivity index (χ3v) is 1.88. The van der Waals surface area contributed by atoms with E-state index in [4.69, 9.17) is 9.47 Å². The van der Waals surface area contributed by atoms with E-state index in [-0.39, 0.29) is 5.91 Å². The van der Waals surface area contributed by atoms with Gasteiger partial charge in [-0.05, 0) is 31.2 Å². The van der Waals surface area contributed by atoms with Crippen LogP contribution in [0.4, 0.5) is 0 Å². The van der Waals surface area contributed by atoms with Crippen LogP contribution in [0.2, 0.25) is 0 Å². The second-order valence-corrected chi connectivity index (χ2v) is 3.24. The van der Waals surface area contributed by atoms with Gasteiger partial charge in [0.1, 0.15) is 18.1 Å². The molecule has 0 spiro atoms. The van der Waals surface area contributed by atoms with Crippen LogP contribution in [0.25, 0.3) is 0 Å². The molecule has 0 fully saturated rings. The molecule has 4 heteroatoms. The van der Waals surface area contributed by atoms with Crippen molar-refractivity contribution in [1.82, 2.24) is 5.32 Å². The maximum absolute atomic E-state index is 10.6. The second kappa shape index (κ2) is 6.71. The predicted octanol–water partition coefficient (Wildman–Crippen LogP) is 1.60. The molecule has 0 unspecified atom stereocenters. The van der Waals surface area contributed by atoms with E-state index < -0.39 is 0 Å². The molecule has 88 valence electrons. The fraction of sp³-hybridized carbons (Fsp3) is 0.417. The summed E-state index contributed by atoms with van der Waals surface area (Å²) in [6.07, 6.45) is 0. The lowest BCUT2D eigenvalue weighted by Gasteiger charge is -2.07. The van der Waals surface area contributed by atoms with Gasteiger partial charge in [0, 0.05) is 6.92 Å². The Morgan fingerprint density at radius 2 is 1.75 bits per heavy atom. The summed E-state index contributed by atoms with van der Waals surface area (Å²) >= 11 is 0. The molecule has 0 saturated heterocycles. The molecule has 4 nitrogen and oxygen atoms in total. The van der Waals surface area contributed by atoms with Gasteiger partial charge in [-0.1, -0.05) is 0 Å². The predicted molar refractivity (Wildman–Crippen MR) is 61.8 cm³/mol. The fourth-order valence-electron chi connectivity index (χ4n) is 1.19. The summed E-state index contributed by atoms with van der Waals surface area (Å²) in [4.78, 5) is 10.6. The van der Waals surface area contributed by atoms with Gasteiger partial charge in [-0.2, -0.15) is 0 Å². The molecule has 0 aliphatic rings. The largest absolute Gasteiger partial charge is 0.494 e. The monoisotopic (exact) mass is 223 g/mol. The van der Waals surface area contributed by atoms with Crippen LogP contribution in [-0.2, 0) is 4.79 Å². The highest BCUT2D eigenvalue weighted by Gasteiger charge is 1.96. The zero-order valence-electron chi connectivity index (χ0n) is 9.66. The Morgan fingerprint density at radius 1 is 1.19 bits per heavy atom. The van der Waals surface area contributed by atoms with Crippen LogP contribution in [0, 0.1) is 0 Å². The zero-order chi connectivity index (χ0) is 11.8. The number of carbonyl (C=O) groups is 1. The van der Waals surface area contributed by atoms with Gasteiger partial charge in [0.2, 0.25) is 5.91 Å². The SMILES string of the molecule is CCOc1ccc(OCCNC(C)=O)cc1.